The van der Waals surface area contributed by atoms with Gasteiger partial charge >= 0.3 is 0 Å². The van der Waals surface area contributed by atoms with Crippen LogP contribution in [0, 0.1) is 0 Å². The Hall–Kier alpha value is -0.350. The van der Waals surface area contributed by atoms with Gasteiger partial charge in [0.15, 0.2) is 0 Å². The van der Waals surface area contributed by atoms with E-state index in [9.17, 15) is 0 Å². The van der Waals surface area contributed by atoms with Crippen molar-refractivity contribution in [3.05, 3.63) is 28.0 Å². The molecule has 1 saturated carbocycles. The molecule has 18 heavy (non-hydrogen) atoms. The molecule has 3 nitrogen and oxygen atoms in total. The molecule has 0 radical (unpaired) electrons. The van der Waals surface area contributed by atoms with E-state index in [1.165, 1.54) is 25.9 Å². The maximum Gasteiger partial charge on any atom is 0.129 e. The quantitative estimate of drug-likeness (QED) is 0.796. The lowest BCUT2D eigenvalue weighted by Gasteiger charge is -2.34. The van der Waals surface area contributed by atoms with Gasteiger partial charge in [0.25, 0.3) is 0 Å². The summed E-state index contributed by atoms with van der Waals surface area (Å²) in [7, 11) is 0. The van der Waals surface area contributed by atoms with E-state index in [4.69, 9.17) is 23.2 Å². The molecule has 1 aromatic heterocycles. The first-order chi connectivity index (χ1) is 8.72. The molecule has 2 heterocycles. The smallest absolute Gasteiger partial charge is 0.129 e. The second-order valence-corrected chi connectivity index (χ2v) is 5.90. The van der Waals surface area contributed by atoms with Gasteiger partial charge in [-0.2, -0.15) is 0 Å². The summed E-state index contributed by atoms with van der Waals surface area (Å²) in [5, 5.41) is 1.23. The van der Waals surface area contributed by atoms with Crippen molar-refractivity contribution >= 4 is 23.2 Å². The number of halogens is 2. The molecule has 1 aromatic rings. The fourth-order valence-corrected chi connectivity index (χ4v) is 2.84. The molecule has 0 amide bonds. The Labute approximate surface area is 118 Å². The SMILES string of the molecule is Clc1ccc(Cl)c(CN2CCN(C3CC3)CC2)n1. The van der Waals surface area contributed by atoms with Gasteiger partial charge in [0.05, 0.1) is 10.7 Å². The monoisotopic (exact) mass is 285 g/mol. The third kappa shape index (κ3) is 2.97. The third-order valence-corrected chi connectivity index (χ3v) is 4.28. The van der Waals surface area contributed by atoms with Gasteiger partial charge in [0, 0.05) is 38.8 Å². The molecule has 2 fully saturated rings. The van der Waals surface area contributed by atoms with Crippen molar-refractivity contribution < 1.29 is 0 Å². The van der Waals surface area contributed by atoms with Crippen molar-refractivity contribution in [1.29, 1.82) is 0 Å². The van der Waals surface area contributed by atoms with Crippen LogP contribution in [0.3, 0.4) is 0 Å². The second kappa shape index (κ2) is 5.33. The summed E-state index contributed by atoms with van der Waals surface area (Å²) in [5.41, 5.74) is 0.893. The Kier molecular flexibility index (Phi) is 3.76. The minimum Gasteiger partial charge on any atom is -0.298 e. The van der Waals surface area contributed by atoms with Crippen molar-refractivity contribution in [3.63, 3.8) is 0 Å². The molecule has 0 spiro atoms. The van der Waals surface area contributed by atoms with Crippen LogP contribution in [-0.2, 0) is 6.54 Å². The Morgan fingerprint density at radius 1 is 1.11 bits per heavy atom. The zero-order chi connectivity index (χ0) is 12.5. The van der Waals surface area contributed by atoms with Crippen LogP contribution >= 0.6 is 23.2 Å². The van der Waals surface area contributed by atoms with Gasteiger partial charge < -0.3 is 0 Å². The number of rotatable bonds is 3. The zero-order valence-corrected chi connectivity index (χ0v) is 11.8. The van der Waals surface area contributed by atoms with E-state index < -0.39 is 0 Å². The summed E-state index contributed by atoms with van der Waals surface area (Å²) in [6.45, 7) is 5.34. The summed E-state index contributed by atoms with van der Waals surface area (Å²) in [6, 6.07) is 4.44. The molecule has 0 bridgehead atoms. The molecule has 0 aromatic carbocycles. The molecule has 0 unspecified atom stereocenters. The van der Waals surface area contributed by atoms with Gasteiger partial charge in [0.1, 0.15) is 5.15 Å². The normalized spacial score (nSPS) is 22.3. The molecule has 0 atom stereocenters. The summed E-state index contributed by atoms with van der Waals surface area (Å²) < 4.78 is 0. The molecule has 0 N–H and O–H groups in total. The summed E-state index contributed by atoms with van der Waals surface area (Å²) in [6.07, 6.45) is 2.78. The van der Waals surface area contributed by atoms with Crippen LogP contribution in [0.1, 0.15) is 18.5 Å². The maximum atomic E-state index is 6.15. The van der Waals surface area contributed by atoms with E-state index in [1.54, 1.807) is 6.07 Å². The Balaban J connectivity index is 1.58. The van der Waals surface area contributed by atoms with Crippen LogP contribution in [-0.4, -0.2) is 47.0 Å². The molecular formula is C13H17Cl2N3. The highest BCUT2D eigenvalue weighted by atomic mass is 35.5. The Morgan fingerprint density at radius 2 is 1.83 bits per heavy atom. The number of hydrogen-bond donors (Lipinski definition) is 0. The van der Waals surface area contributed by atoms with E-state index in [-0.39, 0.29) is 0 Å². The first kappa shape index (κ1) is 12.7. The lowest BCUT2D eigenvalue weighted by Crippen LogP contribution is -2.46. The van der Waals surface area contributed by atoms with Crippen molar-refractivity contribution in [2.45, 2.75) is 25.4 Å². The highest BCUT2D eigenvalue weighted by molar-refractivity contribution is 6.32. The van der Waals surface area contributed by atoms with Crippen LogP contribution in [0.25, 0.3) is 0 Å². The standard InChI is InChI=1S/C13H17Cl2N3/c14-11-3-4-13(15)16-12(11)9-17-5-7-18(8-6-17)10-1-2-10/h3-4,10H,1-2,5-9H2. The van der Waals surface area contributed by atoms with E-state index in [2.05, 4.69) is 14.8 Å². The van der Waals surface area contributed by atoms with Gasteiger partial charge in [-0.25, -0.2) is 4.98 Å². The van der Waals surface area contributed by atoms with Gasteiger partial charge in [-0.3, -0.25) is 9.80 Å². The van der Waals surface area contributed by atoms with Crippen molar-refractivity contribution in [1.82, 2.24) is 14.8 Å². The van der Waals surface area contributed by atoms with E-state index in [1.807, 2.05) is 6.07 Å². The van der Waals surface area contributed by atoms with Crippen LogP contribution < -0.4 is 0 Å². The first-order valence-electron chi connectivity index (χ1n) is 6.50. The molecular weight excluding hydrogens is 269 g/mol. The van der Waals surface area contributed by atoms with E-state index >= 15 is 0 Å². The molecule has 2 aliphatic rings. The molecule has 5 heteroatoms. The minimum absolute atomic E-state index is 0.519. The zero-order valence-electron chi connectivity index (χ0n) is 10.3. The highest BCUT2D eigenvalue weighted by Crippen LogP contribution is 2.28. The number of pyridine rings is 1. The second-order valence-electron chi connectivity index (χ2n) is 5.11. The largest absolute Gasteiger partial charge is 0.298 e. The number of nitrogens with zero attached hydrogens (tertiary/aromatic N) is 3. The van der Waals surface area contributed by atoms with Crippen LogP contribution in [0.4, 0.5) is 0 Å². The number of piperazine rings is 1. The van der Waals surface area contributed by atoms with Gasteiger partial charge in [0.2, 0.25) is 0 Å². The van der Waals surface area contributed by atoms with E-state index in [0.717, 1.165) is 31.4 Å². The molecule has 1 saturated heterocycles. The summed E-state index contributed by atoms with van der Waals surface area (Å²) >= 11 is 12.1. The van der Waals surface area contributed by atoms with Crippen LogP contribution in [0.5, 0.6) is 0 Å². The predicted molar refractivity (Wildman–Crippen MR) is 74.1 cm³/mol. The number of aromatic nitrogens is 1. The van der Waals surface area contributed by atoms with Crippen molar-refractivity contribution in [3.8, 4) is 0 Å². The summed E-state index contributed by atoms with van der Waals surface area (Å²) in [5.74, 6) is 0. The van der Waals surface area contributed by atoms with E-state index in [0.29, 0.717) is 10.2 Å². The fraction of sp³-hybridized carbons (Fsp3) is 0.615. The predicted octanol–water partition coefficient (Wildman–Crippen LogP) is 2.67. The number of hydrogen-bond acceptors (Lipinski definition) is 3. The van der Waals surface area contributed by atoms with Gasteiger partial charge in [-0.1, -0.05) is 23.2 Å². The first-order valence-corrected chi connectivity index (χ1v) is 7.25. The lowest BCUT2D eigenvalue weighted by atomic mass is 10.2. The lowest BCUT2D eigenvalue weighted by molar-refractivity contribution is 0.120. The minimum atomic E-state index is 0.519. The molecule has 1 aliphatic carbocycles. The molecule has 1 aliphatic heterocycles. The third-order valence-electron chi connectivity index (χ3n) is 3.73. The maximum absolute atomic E-state index is 6.15. The van der Waals surface area contributed by atoms with Crippen molar-refractivity contribution in [2.75, 3.05) is 26.2 Å². The van der Waals surface area contributed by atoms with Gasteiger partial charge in [-0.05, 0) is 25.0 Å². The highest BCUT2D eigenvalue weighted by Gasteiger charge is 2.31. The van der Waals surface area contributed by atoms with Crippen molar-refractivity contribution in [2.24, 2.45) is 0 Å². The molecule has 3 rings (SSSR count). The van der Waals surface area contributed by atoms with Gasteiger partial charge in [-0.15, -0.1) is 0 Å². The Morgan fingerprint density at radius 3 is 2.50 bits per heavy atom. The average Bonchev–Trinajstić information content (AvgIpc) is 3.19. The fourth-order valence-electron chi connectivity index (χ4n) is 2.51. The Bertz CT molecular complexity index is 426. The topological polar surface area (TPSA) is 19.4 Å². The summed E-state index contributed by atoms with van der Waals surface area (Å²) in [4.78, 5) is 9.32. The molecule has 98 valence electrons. The van der Waals surface area contributed by atoms with Crippen LogP contribution in [0.15, 0.2) is 12.1 Å². The average molecular weight is 286 g/mol. The van der Waals surface area contributed by atoms with Crippen LogP contribution in [0.2, 0.25) is 10.2 Å².